The van der Waals surface area contributed by atoms with Crippen LogP contribution in [0.5, 0.6) is 17.2 Å². The predicted molar refractivity (Wildman–Crippen MR) is 92.6 cm³/mol. The lowest BCUT2D eigenvalue weighted by molar-refractivity contribution is -0.136. The molecule has 0 amide bonds. The first-order valence-electron chi connectivity index (χ1n) is 7.81. The second-order valence-electron chi connectivity index (χ2n) is 5.54. The summed E-state index contributed by atoms with van der Waals surface area (Å²) in [6.07, 6.45) is 1.42. The van der Waals surface area contributed by atoms with E-state index in [1.54, 1.807) is 23.7 Å². The Morgan fingerprint density at radius 3 is 2.31 bits per heavy atom. The number of hydrogen-bond donors (Lipinski definition) is 1. The maximum absolute atomic E-state index is 12.5. The van der Waals surface area contributed by atoms with Gasteiger partial charge in [0.15, 0.2) is 11.5 Å². The van der Waals surface area contributed by atoms with Crippen molar-refractivity contribution in [3.05, 3.63) is 35.3 Å². The Bertz CT molecular complexity index is 849. The predicted octanol–water partition coefficient (Wildman–Crippen LogP) is 1.77. The molecular formula is C17H20N4O5. The molecule has 1 N–H and O–H groups in total. The van der Waals surface area contributed by atoms with Crippen molar-refractivity contribution in [1.82, 2.24) is 14.8 Å². The fourth-order valence-corrected chi connectivity index (χ4v) is 3.03. The van der Waals surface area contributed by atoms with Gasteiger partial charge in [-0.05, 0) is 24.6 Å². The number of ether oxygens (including phenoxy) is 4. The van der Waals surface area contributed by atoms with Gasteiger partial charge in [0, 0.05) is 5.70 Å². The number of fused-ring (bicyclic) bond motifs is 1. The molecule has 0 bridgehead atoms. The van der Waals surface area contributed by atoms with E-state index in [-0.39, 0.29) is 0 Å². The number of carbonyl (C=O) groups excluding carboxylic acids is 1. The molecule has 1 aliphatic rings. The van der Waals surface area contributed by atoms with Gasteiger partial charge in [0.25, 0.3) is 0 Å². The van der Waals surface area contributed by atoms with Crippen molar-refractivity contribution in [3.8, 4) is 17.2 Å². The van der Waals surface area contributed by atoms with E-state index in [0.29, 0.717) is 40.0 Å². The van der Waals surface area contributed by atoms with Crippen molar-refractivity contribution in [3.63, 3.8) is 0 Å². The van der Waals surface area contributed by atoms with E-state index in [1.807, 2.05) is 0 Å². The number of hydrogen-bond acceptors (Lipinski definition) is 8. The van der Waals surface area contributed by atoms with Crippen molar-refractivity contribution < 1.29 is 23.7 Å². The fourth-order valence-electron chi connectivity index (χ4n) is 3.03. The zero-order chi connectivity index (χ0) is 18.8. The standard InChI is InChI=1S/C17H20N4O5/c1-9-13(16(22)26-5)14(21-17(20-9)18-8-19-21)10-6-11(23-2)15(25-4)12(7-10)24-3/h6-8,14H,1-5H3,(H,18,19,20). The Morgan fingerprint density at radius 1 is 1.12 bits per heavy atom. The summed E-state index contributed by atoms with van der Waals surface area (Å²) < 4.78 is 22.8. The minimum absolute atomic E-state index is 0.416. The Labute approximate surface area is 150 Å². The van der Waals surface area contributed by atoms with Crippen LogP contribution in [0.25, 0.3) is 0 Å². The van der Waals surface area contributed by atoms with Gasteiger partial charge in [-0.2, -0.15) is 10.1 Å². The first-order valence-corrected chi connectivity index (χ1v) is 7.81. The lowest BCUT2D eigenvalue weighted by Gasteiger charge is -2.28. The van der Waals surface area contributed by atoms with Gasteiger partial charge in [0.05, 0.1) is 34.0 Å². The van der Waals surface area contributed by atoms with Crippen LogP contribution >= 0.6 is 0 Å². The molecule has 26 heavy (non-hydrogen) atoms. The molecule has 9 heteroatoms. The second-order valence-corrected chi connectivity index (χ2v) is 5.54. The highest BCUT2D eigenvalue weighted by molar-refractivity contribution is 5.92. The molecule has 0 spiro atoms. The third-order valence-electron chi connectivity index (χ3n) is 4.20. The highest BCUT2D eigenvalue weighted by Gasteiger charge is 2.35. The molecule has 0 fully saturated rings. The van der Waals surface area contributed by atoms with Crippen LogP contribution in [0.15, 0.2) is 29.7 Å². The number of allylic oxidation sites excluding steroid dienone is 1. The van der Waals surface area contributed by atoms with E-state index in [1.165, 1.54) is 34.8 Å². The molecule has 2 aromatic rings. The van der Waals surface area contributed by atoms with E-state index < -0.39 is 12.0 Å². The lowest BCUT2D eigenvalue weighted by Crippen LogP contribution is -2.29. The minimum atomic E-state index is -0.560. The topological polar surface area (TPSA) is 96.7 Å². The van der Waals surface area contributed by atoms with Crippen LogP contribution in [0, 0.1) is 0 Å². The SMILES string of the molecule is COC(=O)C1=C(C)Nc2ncnn2C1c1cc(OC)c(OC)c(OC)c1. The van der Waals surface area contributed by atoms with Crippen molar-refractivity contribution in [2.75, 3.05) is 33.8 Å². The van der Waals surface area contributed by atoms with Crippen molar-refractivity contribution in [1.29, 1.82) is 0 Å². The van der Waals surface area contributed by atoms with Crippen LogP contribution in [-0.4, -0.2) is 49.2 Å². The van der Waals surface area contributed by atoms with Crippen molar-refractivity contribution >= 4 is 11.9 Å². The van der Waals surface area contributed by atoms with Gasteiger partial charge < -0.3 is 24.3 Å². The molecule has 1 aromatic heterocycles. The Balaban J connectivity index is 2.25. The molecule has 0 saturated carbocycles. The van der Waals surface area contributed by atoms with Gasteiger partial charge in [0.2, 0.25) is 11.7 Å². The first kappa shape index (κ1) is 17.6. The maximum Gasteiger partial charge on any atom is 0.338 e. The number of nitrogens with zero attached hydrogens (tertiary/aromatic N) is 3. The largest absolute Gasteiger partial charge is 0.493 e. The van der Waals surface area contributed by atoms with Crippen molar-refractivity contribution in [2.24, 2.45) is 0 Å². The number of benzene rings is 1. The number of methoxy groups -OCH3 is 4. The molecule has 0 radical (unpaired) electrons. The third kappa shape index (κ3) is 2.71. The Hall–Kier alpha value is -3.23. The summed E-state index contributed by atoms with van der Waals surface area (Å²) in [4.78, 5) is 16.6. The third-order valence-corrected chi connectivity index (χ3v) is 4.20. The Kier molecular flexibility index (Phi) is 4.70. The molecule has 138 valence electrons. The highest BCUT2D eigenvalue weighted by Crippen LogP contribution is 2.43. The maximum atomic E-state index is 12.5. The molecule has 1 aliphatic heterocycles. The zero-order valence-electron chi connectivity index (χ0n) is 15.2. The van der Waals surface area contributed by atoms with E-state index in [0.717, 1.165) is 0 Å². The summed E-state index contributed by atoms with van der Waals surface area (Å²) in [6.45, 7) is 1.79. The molecular weight excluding hydrogens is 340 g/mol. The van der Waals surface area contributed by atoms with Gasteiger partial charge in [-0.3, -0.25) is 0 Å². The molecule has 1 aromatic carbocycles. The second kappa shape index (κ2) is 6.95. The van der Waals surface area contributed by atoms with E-state index >= 15 is 0 Å². The minimum Gasteiger partial charge on any atom is -0.493 e. The first-order chi connectivity index (χ1) is 12.5. The number of carbonyl (C=O) groups is 1. The number of rotatable bonds is 5. The smallest absolute Gasteiger partial charge is 0.338 e. The van der Waals surface area contributed by atoms with Gasteiger partial charge in [0.1, 0.15) is 12.4 Å². The zero-order valence-corrected chi connectivity index (χ0v) is 15.2. The summed E-state index contributed by atoms with van der Waals surface area (Å²) in [5.74, 6) is 1.48. The van der Waals surface area contributed by atoms with Crippen LogP contribution in [0.4, 0.5) is 5.95 Å². The normalized spacial score (nSPS) is 15.8. The molecule has 1 atom stereocenters. The van der Waals surface area contributed by atoms with Gasteiger partial charge in [-0.25, -0.2) is 9.48 Å². The van der Waals surface area contributed by atoms with Crippen LogP contribution in [0.3, 0.4) is 0 Å². The summed E-state index contributed by atoms with van der Waals surface area (Å²) >= 11 is 0. The van der Waals surface area contributed by atoms with E-state index in [9.17, 15) is 4.79 Å². The fraction of sp³-hybridized carbons (Fsp3) is 0.353. The van der Waals surface area contributed by atoms with Crippen LogP contribution in [0.1, 0.15) is 18.5 Å². The molecule has 0 aliphatic carbocycles. The number of aromatic nitrogens is 3. The van der Waals surface area contributed by atoms with Gasteiger partial charge in [-0.15, -0.1) is 0 Å². The summed E-state index contributed by atoms with van der Waals surface area (Å²) in [6, 6.07) is 2.99. The van der Waals surface area contributed by atoms with Gasteiger partial charge in [-0.1, -0.05) is 0 Å². The quantitative estimate of drug-likeness (QED) is 0.806. The molecule has 9 nitrogen and oxygen atoms in total. The van der Waals surface area contributed by atoms with Crippen LogP contribution in [-0.2, 0) is 9.53 Å². The van der Waals surface area contributed by atoms with Crippen molar-refractivity contribution in [2.45, 2.75) is 13.0 Å². The summed E-state index contributed by atoms with van der Waals surface area (Å²) in [5, 5.41) is 7.32. The molecule has 1 unspecified atom stereocenters. The summed E-state index contributed by atoms with van der Waals surface area (Å²) in [7, 11) is 5.94. The van der Waals surface area contributed by atoms with Gasteiger partial charge >= 0.3 is 5.97 Å². The number of nitrogens with one attached hydrogen (secondary N) is 1. The van der Waals surface area contributed by atoms with E-state index in [2.05, 4.69) is 15.4 Å². The lowest BCUT2D eigenvalue weighted by atomic mass is 9.95. The highest BCUT2D eigenvalue weighted by atomic mass is 16.5. The Morgan fingerprint density at radius 2 is 1.77 bits per heavy atom. The number of anilines is 1. The molecule has 3 rings (SSSR count). The molecule has 2 heterocycles. The number of esters is 1. The van der Waals surface area contributed by atoms with Crippen LogP contribution in [0.2, 0.25) is 0 Å². The average Bonchev–Trinajstić information content (AvgIpc) is 3.12. The monoisotopic (exact) mass is 360 g/mol. The molecule has 0 saturated heterocycles. The van der Waals surface area contributed by atoms with Crippen LogP contribution < -0.4 is 19.5 Å². The average molecular weight is 360 g/mol. The summed E-state index contributed by atoms with van der Waals surface area (Å²) in [5.41, 5.74) is 1.77. The van der Waals surface area contributed by atoms with E-state index in [4.69, 9.17) is 18.9 Å².